The summed E-state index contributed by atoms with van der Waals surface area (Å²) in [4.78, 5) is 10.3. The van der Waals surface area contributed by atoms with Crippen molar-refractivity contribution >= 4 is 11.4 Å². The Hall–Kier alpha value is -2.77. The molecule has 144 valence electrons. The van der Waals surface area contributed by atoms with Gasteiger partial charge in [-0.25, -0.2) is 4.39 Å². The third kappa shape index (κ3) is 5.12. The summed E-state index contributed by atoms with van der Waals surface area (Å²) in [5.41, 5.74) is 3.57. The van der Waals surface area contributed by atoms with Gasteiger partial charge in [-0.15, -0.1) is 0 Å². The number of hydrogen-bond acceptors (Lipinski definition) is 6. The Morgan fingerprint density at radius 2 is 1.85 bits per heavy atom. The summed E-state index contributed by atoms with van der Waals surface area (Å²) in [5, 5.41) is 20.9. The summed E-state index contributed by atoms with van der Waals surface area (Å²) in [6, 6.07) is 12.0. The van der Waals surface area contributed by atoms with Crippen LogP contribution >= 0.6 is 0 Å². The lowest BCUT2D eigenvalue weighted by Crippen LogP contribution is -2.35. The van der Waals surface area contributed by atoms with E-state index in [1.54, 1.807) is 32.2 Å². The summed E-state index contributed by atoms with van der Waals surface area (Å²) in [7, 11) is 3.03. The van der Waals surface area contributed by atoms with Gasteiger partial charge in [-0.2, -0.15) is 0 Å². The molecule has 0 aliphatic carbocycles. The largest absolute Gasteiger partial charge is 0.399 e. The van der Waals surface area contributed by atoms with E-state index in [1.807, 2.05) is 25.1 Å². The molecule has 6 nitrogen and oxygen atoms in total. The van der Waals surface area contributed by atoms with Crippen molar-refractivity contribution in [3.63, 3.8) is 0 Å². The van der Waals surface area contributed by atoms with Gasteiger partial charge in [0.15, 0.2) is 6.23 Å². The third-order valence-corrected chi connectivity index (χ3v) is 4.08. The highest BCUT2D eigenvalue weighted by atomic mass is 19.1. The van der Waals surface area contributed by atoms with Crippen LogP contribution in [0.25, 0.3) is 0 Å². The number of rotatable bonds is 8. The smallest absolute Gasteiger partial charge is 0.151 e. The molecule has 0 aromatic heterocycles. The second-order valence-electron chi connectivity index (χ2n) is 5.88. The molecule has 0 fully saturated rings. The van der Waals surface area contributed by atoms with Crippen molar-refractivity contribution in [1.82, 2.24) is 5.32 Å². The van der Waals surface area contributed by atoms with Gasteiger partial charge in [0.1, 0.15) is 25.2 Å². The number of nitrogens with one attached hydrogen (secondary N) is 1. The van der Waals surface area contributed by atoms with Crippen LogP contribution < -0.4 is 5.32 Å². The molecule has 2 N–H and O–H groups in total. The van der Waals surface area contributed by atoms with Crippen LogP contribution in [0.4, 0.5) is 4.39 Å². The Morgan fingerprint density at radius 3 is 2.52 bits per heavy atom. The zero-order chi connectivity index (χ0) is 19.8. The molecule has 0 saturated heterocycles. The zero-order valence-corrected chi connectivity index (χ0v) is 15.9. The van der Waals surface area contributed by atoms with Gasteiger partial charge in [-0.3, -0.25) is 5.32 Å². The fourth-order valence-corrected chi connectivity index (χ4v) is 2.61. The van der Waals surface area contributed by atoms with Crippen LogP contribution in [0.15, 0.2) is 52.8 Å². The lowest BCUT2D eigenvalue weighted by molar-refractivity contribution is 0.129. The summed E-state index contributed by atoms with van der Waals surface area (Å²) in [5.74, 6) is -0.356. The molecule has 1 atom stereocenters. The van der Waals surface area contributed by atoms with E-state index < -0.39 is 6.23 Å². The molecule has 0 radical (unpaired) electrons. The minimum atomic E-state index is -1.01. The number of aliphatic hydroxyl groups is 1. The van der Waals surface area contributed by atoms with Crippen molar-refractivity contribution in [2.24, 2.45) is 10.3 Å². The monoisotopic (exact) mass is 373 g/mol. The molecule has 27 heavy (non-hydrogen) atoms. The molecule has 0 amide bonds. The normalized spacial score (nSPS) is 13.4. The first-order chi connectivity index (χ1) is 13.0. The number of benzene rings is 2. The molecule has 0 spiro atoms. The average Bonchev–Trinajstić information content (AvgIpc) is 2.67. The Kier molecular flexibility index (Phi) is 7.45. The number of halogens is 1. The zero-order valence-electron chi connectivity index (χ0n) is 15.9. The molecule has 2 aromatic rings. The van der Waals surface area contributed by atoms with Gasteiger partial charge in [0, 0.05) is 16.7 Å². The molecule has 0 aliphatic heterocycles. The Balaban J connectivity index is 2.28. The minimum Gasteiger partial charge on any atom is -0.399 e. The van der Waals surface area contributed by atoms with E-state index in [-0.39, 0.29) is 12.4 Å². The Labute approximate surface area is 158 Å². The van der Waals surface area contributed by atoms with Crippen LogP contribution in [0.1, 0.15) is 29.2 Å². The first-order valence-electron chi connectivity index (χ1n) is 8.46. The summed E-state index contributed by atoms with van der Waals surface area (Å²) < 4.78 is 13.8. The number of aryl methyl sites for hydroxylation is 1. The lowest BCUT2D eigenvalue weighted by Gasteiger charge is -2.17. The standard InChI is InChI=1S/C20H24FN3O3/c1-13-8-7-10-16(19(24-26-4)20(25)22-3)17(13)12-27-23-14(2)15-9-5-6-11-18(15)21/h5-11,20,22,25H,12H2,1-4H3/b23-14+,24-19+. The number of likely N-dealkylation sites (N-methyl/N-ethyl adjacent to an activating group) is 1. The number of aliphatic hydroxyl groups excluding tert-OH is 1. The lowest BCUT2D eigenvalue weighted by atomic mass is 9.98. The van der Waals surface area contributed by atoms with Crippen molar-refractivity contribution in [1.29, 1.82) is 0 Å². The number of nitrogens with zero attached hydrogens (tertiary/aromatic N) is 2. The third-order valence-electron chi connectivity index (χ3n) is 4.08. The van der Waals surface area contributed by atoms with Gasteiger partial charge < -0.3 is 14.8 Å². The van der Waals surface area contributed by atoms with Crippen LogP contribution in [-0.4, -0.2) is 36.9 Å². The fraction of sp³-hybridized carbons (Fsp3) is 0.300. The van der Waals surface area contributed by atoms with E-state index in [9.17, 15) is 9.50 Å². The van der Waals surface area contributed by atoms with Crippen molar-refractivity contribution in [2.75, 3.05) is 14.2 Å². The molecule has 0 heterocycles. The van der Waals surface area contributed by atoms with Gasteiger partial charge >= 0.3 is 0 Å². The first-order valence-corrected chi connectivity index (χ1v) is 8.46. The first kappa shape index (κ1) is 20.5. The maximum atomic E-state index is 13.8. The fourth-order valence-electron chi connectivity index (χ4n) is 2.61. The maximum absolute atomic E-state index is 13.8. The second kappa shape index (κ2) is 9.80. The van der Waals surface area contributed by atoms with Crippen molar-refractivity contribution in [2.45, 2.75) is 26.7 Å². The van der Waals surface area contributed by atoms with Crippen LogP contribution in [-0.2, 0) is 16.3 Å². The van der Waals surface area contributed by atoms with Gasteiger partial charge in [-0.05, 0) is 32.5 Å². The molecule has 0 saturated carbocycles. The highest BCUT2D eigenvalue weighted by Crippen LogP contribution is 2.18. The highest BCUT2D eigenvalue weighted by molar-refractivity contribution is 6.04. The predicted molar refractivity (Wildman–Crippen MR) is 103 cm³/mol. The van der Waals surface area contributed by atoms with Gasteiger partial charge in [-0.1, -0.05) is 46.7 Å². The molecule has 0 bridgehead atoms. The van der Waals surface area contributed by atoms with Crippen LogP contribution in [0, 0.1) is 12.7 Å². The van der Waals surface area contributed by atoms with E-state index in [0.29, 0.717) is 22.6 Å². The molecule has 0 aliphatic rings. The summed E-state index contributed by atoms with van der Waals surface area (Å²) in [6.45, 7) is 3.73. The van der Waals surface area contributed by atoms with Gasteiger partial charge in [0.2, 0.25) is 0 Å². The quantitative estimate of drug-likeness (QED) is 0.424. The van der Waals surface area contributed by atoms with E-state index in [4.69, 9.17) is 9.68 Å². The maximum Gasteiger partial charge on any atom is 0.151 e. The van der Waals surface area contributed by atoms with Crippen LogP contribution in [0.2, 0.25) is 0 Å². The molecular weight excluding hydrogens is 349 g/mol. The molecule has 1 unspecified atom stereocenters. The molecule has 7 heteroatoms. The Bertz CT molecular complexity index is 837. The van der Waals surface area contributed by atoms with E-state index in [1.165, 1.54) is 13.2 Å². The molecular formula is C20H24FN3O3. The predicted octanol–water partition coefficient (Wildman–Crippen LogP) is 2.96. The molecule has 2 aromatic carbocycles. The van der Waals surface area contributed by atoms with E-state index in [2.05, 4.69) is 15.6 Å². The SMILES string of the molecule is CNC(O)/C(=N/OC)c1cccc(C)c1CO/N=C(\C)c1ccccc1F. The molecule has 2 rings (SSSR count). The van der Waals surface area contributed by atoms with Crippen LogP contribution in [0.5, 0.6) is 0 Å². The Morgan fingerprint density at radius 1 is 1.15 bits per heavy atom. The van der Waals surface area contributed by atoms with Crippen molar-refractivity contribution in [3.05, 3.63) is 70.5 Å². The average molecular weight is 373 g/mol. The van der Waals surface area contributed by atoms with Gasteiger partial charge in [0.25, 0.3) is 0 Å². The van der Waals surface area contributed by atoms with Gasteiger partial charge in [0.05, 0.1) is 5.71 Å². The van der Waals surface area contributed by atoms with Crippen LogP contribution in [0.3, 0.4) is 0 Å². The number of oxime groups is 2. The van der Waals surface area contributed by atoms with E-state index in [0.717, 1.165) is 11.1 Å². The van der Waals surface area contributed by atoms with E-state index >= 15 is 0 Å². The summed E-state index contributed by atoms with van der Waals surface area (Å²) >= 11 is 0. The highest BCUT2D eigenvalue weighted by Gasteiger charge is 2.19. The minimum absolute atomic E-state index is 0.132. The van der Waals surface area contributed by atoms with Crippen molar-refractivity contribution < 1.29 is 19.2 Å². The topological polar surface area (TPSA) is 75.4 Å². The number of hydrogen-bond donors (Lipinski definition) is 2. The van der Waals surface area contributed by atoms with Crippen molar-refractivity contribution in [3.8, 4) is 0 Å². The second-order valence-corrected chi connectivity index (χ2v) is 5.88. The summed E-state index contributed by atoms with van der Waals surface area (Å²) in [6.07, 6.45) is -1.01.